The molecule has 0 saturated heterocycles. The minimum atomic E-state index is -3.43. The normalized spacial score (nSPS) is 10.8. The Morgan fingerprint density at radius 2 is 2.12 bits per heavy atom. The number of nitriles is 1. The summed E-state index contributed by atoms with van der Waals surface area (Å²) >= 11 is 0. The first-order valence-electron chi connectivity index (χ1n) is 7.15. The van der Waals surface area contributed by atoms with Crippen molar-refractivity contribution >= 4 is 21.6 Å². The third-order valence-corrected chi connectivity index (χ3v) is 3.73. The Bertz CT molecular complexity index is 838. The lowest BCUT2D eigenvalue weighted by molar-refractivity contribution is 0.0735. The average molecular weight is 347 g/mol. The second-order valence-electron chi connectivity index (χ2n) is 5.17. The van der Waals surface area contributed by atoms with Gasteiger partial charge in [0.1, 0.15) is 5.76 Å². The first kappa shape index (κ1) is 17.6. The zero-order valence-corrected chi connectivity index (χ0v) is 13.9. The molecule has 0 radical (unpaired) electrons. The van der Waals surface area contributed by atoms with Crippen molar-refractivity contribution in [3.8, 4) is 6.07 Å². The number of anilines is 1. The second-order valence-corrected chi connectivity index (χ2v) is 6.92. The Hall–Kier alpha value is -2.79. The largest absolute Gasteiger partial charge is 0.467 e. The number of benzene rings is 1. The number of carbonyl (C=O) groups is 1. The van der Waals surface area contributed by atoms with Gasteiger partial charge in [-0.2, -0.15) is 5.26 Å². The molecule has 0 spiro atoms. The molecule has 8 heteroatoms. The standard InChI is InChI=1S/C16H17N3O4S/c1-24(21,22)18-14-6-2-5-13(11-14)16(20)19(9-4-8-17)12-15-7-3-10-23-15/h2-3,5-7,10-11,18H,4,9,12H2,1H3. The van der Waals surface area contributed by atoms with Crippen LogP contribution in [0, 0.1) is 11.3 Å². The number of sulfonamides is 1. The fraction of sp³-hybridized carbons (Fsp3) is 0.250. The molecular weight excluding hydrogens is 330 g/mol. The molecule has 0 aliphatic carbocycles. The number of rotatable bonds is 7. The third kappa shape index (κ3) is 5.14. The molecule has 0 bridgehead atoms. The Labute approximate surface area is 140 Å². The predicted octanol–water partition coefficient (Wildman–Crippen LogP) is 2.21. The monoisotopic (exact) mass is 347 g/mol. The molecule has 24 heavy (non-hydrogen) atoms. The lowest BCUT2D eigenvalue weighted by atomic mass is 10.1. The zero-order valence-electron chi connectivity index (χ0n) is 13.1. The molecule has 0 saturated carbocycles. The van der Waals surface area contributed by atoms with Gasteiger partial charge in [-0.25, -0.2) is 8.42 Å². The second kappa shape index (κ2) is 7.66. The highest BCUT2D eigenvalue weighted by molar-refractivity contribution is 7.92. The number of hydrogen-bond acceptors (Lipinski definition) is 5. The summed E-state index contributed by atoms with van der Waals surface area (Å²) in [4.78, 5) is 14.2. The van der Waals surface area contributed by atoms with Gasteiger partial charge in [0.15, 0.2) is 0 Å². The van der Waals surface area contributed by atoms with E-state index in [9.17, 15) is 13.2 Å². The Kier molecular flexibility index (Phi) is 5.60. The van der Waals surface area contributed by atoms with Gasteiger partial charge in [0.2, 0.25) is 10.0 Å². The molecule has 126 valence electrons. The molecule has 0 unspecified atom stereocenters. The van der Waals surface area contributed by atoms with Crippen LogP contribution >= 0.6 is 0 Å². The van der Waals surface area contributed by atoms with Gasteiger partial charge in [0.25, 0.3) is 5.91 Å². The van der Waals surface area contributed by atoms with Crippen LogP contribution in [-0.4, -0.2) is 32.0 Å². The number of carbonyl (C=O) groups excluding carboxylic acids is 1. The molecule has 1 aromatic heterocycles. The van der Waals surface area contributed by atoms with Crippen LogP contribution in [0.3, 0.4) is 0 Å². The van der Waals surface area contributed by atoms with Crippen LogP contribution in [0.2, 0.25) is 0 Å². The van der Waals surface area contributed by atoms with Crippen molar-refractivity contribution in [2.45, 2.75) is 13.0 Å². The molecule has 7 nitrogen and oxygen atoms in total. The van der Waals surface area contributed by atoms with Gasteiger partial charge in [0, 0.05) is 17.8 Å². The number of nitrogens with one attached hydrogen (secondary N) is 1. The molecule has 0 aliphatic rings. The van der Waals surface area contributed by atoms with E-state index in [-0.39, 0.29) is 25.4 Å². The molecule has 1 heterocycles. The van der Waals surface area contributed by atoms with Crippen LogP contribution < -0.4 is 4.72 Å². The number of hydrogen-bond donors (Lipinski definition) is 1. The van der Waals surface area contributed by atoms with Crippen molar-refractivity contribution in [1.82, 2.24) is 4.90 Å². The summed E-state index contributed by atoms with van der Waals surface area (Å²) in [6.07, 6.45) is 2.74. The summed E-state index contributed by atoms with van der Waals surface area (Å²) in [6, 6.07) is 11.7. The Balaban J connectivity index is 2.22. The van der Waals surface area contributed by atoms with Crippen molar-refractivity contribution in [2.24, 2.45) is 0 Å². The highest BCUT2D eigenvalue weighted by Crippen LogP contribution is 2.16. The fourth-order valence-electron chi connectivity index (χ4n) is 2.14. The summed E-state index contributed by atoms with van der Waals surface area (Å²) in [5.41, 5.74) is 0.634. The topological polar surface area (TPSA) is 103 Å². The first-order valence-corrected chi connectivity index (χ1v) is 9.04. The van der Waals surface area contributed by atoms with Gasteiger partial charge in [-0.1, -0.05) is 6.07 Å². The molecule has 1 aromatic carbocycles. The van der Waals surface area contributed by atoms with E-state index >= 15 is 0 Å². The minimum Gasteiger partial charge on any atom is -0.467 e. The van der Waals surface area contributed by atoms with Crippen molar-refractivity contribution in [2.75, 3.05) is 17.5 Å². The zero-order chi connectivity index (χ0) is 17.6. The molecule has 2 aromatic rings. The molecular formula is C16H17N3O4S. The summed E-state index contributed by atoms with van der Waals surface area (Å²) in [6.45, 7) is 0.483. The fourth-order valence-corrected chi connectivity index (χ4v) is 2.70. The van der Waals surface area contributed by atoms with Crippen LogP contribution in [0.1, 0.15) is 22.5 Å². The maximum absolute atomic E-state index is 12.7. The quantitative estimate of drug-likeness (QED) is 0.827. The van der Waals surface area contributed by atoms with Crippen LogP contribution in [0.25, 0.3) is 0 Å². The average Bonchev–Trinajstić information content (AvgIpc) is 3.02. The van der Waals surface area contributed by atoms with Gasteiger partial charge < -0.3 is 9.32 Å². The van der Waals surface area contributed by atoms with Gasteiger partial charge in [-0.15, -0.1) is 0 Å². The van der Waals surface area contributed by atoms with Crippen molar-refractivity contribution in [3.05, 3.63) is 54.0 Å². The van der Waals surface area contributed by atoms with Gasteiger partial charge >= 0.3 is 0 Å². The Morgan fingerprint density at radius 1 is 1.33 bits per heavy atom. The third-order valence-electron chi connectivity index (χ3n) is 3.12. The van der Waals surface area contributed by atoms with Gasteiger partial charge in [-0.3, -0.25) is 9.52 Å². The van der Waals surface area contributed by atoms with Crippen LogP contribution in [0.4, 0.5) is 5.69 Å². The number of nitrogens with zero attached hydrogens (tertiary/aromatic N) is 2. The van der Waals surface area contributed by atoms with Crippen LogP contribution in [0.15, 0.2) is 47.1 Å². The van der Waals surface area contributed by atoms with E-state index in [1.807, 2.05) is 6.07 Å². The highest BCUT2D eigenvalue weighted by Gasteiger charge is 2.18. The van der Waals surface area contributed by atoms with Gasteiger partial charge in [-0.05, 0) is 30.3 Å². The van der Waals surface area contributed by atoms with Crippen LogP contribution in [-0.2, 0) is 16.6 Å². The molecule has 0 atom stereocenters. The number of furan rings is 1. The molecule has 1 N–H and O–H groups in total. The van der Waals surface area contributed by atoms with E-state index < -0.39 is 10.0 Å². The molecule has 0 fully saturated rings. The Morgan fingerprint density at radius 3 is 2.75 bits per heavy atom. The van der Waals surface area contributed by atoms with Crippen LogP contribution in [0.5, 0.6) is 0 Å². The van der Waals surface area contributed by atoms with E-state index in [1.54, 1.807) is 30.3 Å². The van der Waals surface area contributed by atoms with E-state index in [1.165, 1.54) is 17.2 Å². The van der Waals surface area contributed by atoms with Crippen molar-refractivity contribution in [3.63, 3.8) is 0 Å². The lowest BCUT2D eigenvalue weighted by Crippen LogP contribution is -2.31. The lowest BCUT2D eigenvalue weighted by Gasteiger charge is -2.21. The summed E-state index contributed by atoms with van der Waals surface area (Å²) in [5, 5.41) is 8.78. The molecule has 1 amide bonds. The van der Waals surface area contributed by atoms with Gasteiger partial charge in [0.05, 0.1) is 31.6 Å². The maximum atomic E-state index is 12.7. The summed E-state index contributed by atoms with van der Waals surface area (Å²) in [7, 11) is -3.43. The highest BCUT2D eigenvalue weighted by atomic mass is 32.2. The van der Waals surface area contributed by atoms with E-state index in [4.69, 9.17) is 9.68 Å². The predicted molar refractivity (Wildman–Crippen MR) is 88.6 cm³/mol. The first-order chi connectivity index (χ1) is 11.4. The SMILES string of the molecule is CS(=O)(=O)Nc1cccc(C(=O)N(CCC#N)Cc2ccco2)c1. The number of amides is 1. The summed E-state index contributed by atoms with van der Waals surface area (Å²) in [5.74, 6) is 0.297. The van der Waals surface area contributed by atoms with Crippen molar-refractivity contribution < 1.29 is 17.6 Å². The van der Waals surface area contributed by atoms with Crippen molar-refractivity contribution in [1.29, 1.82) is 5.26 Å². The smallest absolute Gasteiger partial charge is 0.254 e. The summed E-state index contributed by atoms with van der Waals surface area (Å²) < 4.78 is 30.2. The maximum Gasteiger partial charge on any atom is 0.254 e. The van der Waals surface area contributed by atoms with E-state index in [0.29, 0.717) is 17.0 Å². The van der Waals surface area contributed by atoms with E-state index in [2.05, 4.69) is 4.72 Å². The van der Waals surface area contributed by atoms with E-state index in [0.717, 1.165) is 6.26 Å². The molecule has 2 rings (SSSR count). The molecule has 0 aliphatic heterocycles. The minimum absolute atomic E-state index is 0.188.